The van der Waals surface area contributed by atoms with Crippen LogP contribution in [0.3, 0.4) is 0 Å². The van der Waals surface area contributed by atoms with Crippen molar-refractivity contribution in [3.8, 4) is 0 Å². The van der Waals surface area contributed by atoms with Gasteiger partial charge in [-0.3, -0.25) is 14.6 Å². The molecule has 1 saturated heterocycles. The number of carbonyl (C=O) groups is 2. The van der Waals surface area contributed by atoms with Gasteiger partial charge in [0.25, 0.3) is 17.8 Å². The highest BCUT2D eigenvalue weighted by molar-refractivity contribution is 8.13. The van der Waals surface area contributed by atoms with Gasteiger partial charge >= 0.3 is 11.2 Å². The number of imide groups is 1. The van der Waals surface area contributed by atoms with Gasteiger partial charge in [-0.05, 0) is 34.7 Å². The number of hydrogen-bond donors (Lipinski definition) is 0. The Morgan fingerprint density at radius 3 is 2.50 bits per heavy atom. The van der Waals surface area contributed by atoms with Gasteiger partial charge in [0.2, 0.25) is 0 Å². The Hall–Kier alpha value is -2.15. The zero-order valence-electron chi connectivity index (χ0n) is 15.7. The van der Waals surface area contributed by atoms with E-state index in [1.807, 2.05) is 34.9 Å². The van der Waals surface area contributed by atoms with Gasteiger partial charge in [0.15, 0.2) is 0 Å². The lowest BCUT2D eigenvalue weighted by Gasteiger charge is -2.30. The van der Waals surface area contributed by atoms with E-state index in [9.17, 15) is 9.59 Å². The van der Waals surface area contributed by atoms with Crippen molar-refractivity contribution in [2.75, 3.05) is 19.8 Å². The normalized spacial score (nSPS) is 20.2. The highest BCUT2D eigenvalue weighted by Gasteiger charge is 2.53. The second kappa shape index (κ2) is 7.61. The van der Waals surface area contributed by atoms with Crippen molar-refractivity contribution in [3.05, 3.63) is 35.9 Å². The highest BCUT2D eigenvalue weighted by atomic mass is 32.2. The van der Waals surface area contributed by atoms with Crippen LogP contribution in [-0.4, -0.2) is 63.2 Å². The van der Waals surface area contributed by atoms with E-state index in [0.29, 0.717) is 18.3 Å². The molecule has 1 aromatic carbocycles. The maximum Gasteiger partial charge on any atom is 0.358 e. The van der Waals surface area contributed by atoms with Crippen molar-refractivity contribution in [2.24, 2.45) is 10.9 Å². The van der Waals surface area contributed by atoms with Crippen LogP contribution in [0, 0.1) is 5.92 Å². The molecule has 2 aliphatic rings. The fraction of sp³-hybridized carbons (Fsp3) is 0.474. The SMILES string of the molecule is CC(C)CCSC1=[N+](Cc2ccccc2)C2C(=O)N(C)C(=O)N(C)C2=N1. The topological polar surface area (TPSA) is 56.0 Å². The van der Waals surface area contributed by atoms with E-state index in [1.165, 1.54) is 16.8 Å². The summed E-state index contributed by atoms with van der Waals surface area (Å²) in [6.07, 6.45) is 1.07. The molecule has 1 atom stereocenters. The van der Waals surface area contributed by atoms with E-state index in [2.05, 4.69) is 18.8 Å². The highest BCUT2D eigenvalue weighted by Crippen LogP contribution is 2.25. The van der Waals surface area contributed by atoms with Crippen molar-refractivity contribution in [1.29, 1.82) is 0 Å². The van der Waals surface area contributed by atoms with Gasteiger partial charge in [0.1, 0.15) is 6.54 Å². The van der Waals surface area contributed by atoms with E-state index in [4.69, 9.17) is 0 Å². The van der Waals surface area contributed by atoms with Crippen molar-refractivity contribution in [1.82, 2.24) is 9.80 Å². The molecule has 0 aliphatic carbocycles. The van der Waals surface area contributed by atoms with Crippen LogP contribution in [0.25, 0.3) is 0 Å². The number of aliphatic imine (C=N–C) groups is 1. The van der Waals surface area contributed by atoms with Crippen LogP contribution in [0.5, 0.6) is 0 Å². The molecule has 3 rings (SSSR count). The maximum atomic E-state index is 12.8. The molecule has 0 saturated carbocycles. The molecule has 7 heteroatoms. The minimum atomic E-state index is -0.538. The molecule has 2 aliphatic heterocycles. The summed E-state index contributed by atoms with van der Waals surface area (Å²) in [5.74, 6) is 1.85. The number of urea groups is 1. The van der Waals surface area contributed by atoms with Crippen LogP contribution < -0.4 is 0 Å². The van der Waals surface area contributed by atoms with E-state index in [-0.39, 0.29) is 11.9 Å². The van der Waals surface area contributed by atoms with Gasteiger partial charge in [-0.15, -0.1) is 0 Å². The number of likely N-dealkylation sites (N-methyl/N-ethyl adjacent to an activating group) is 2. The summed E-state index contributed by atoms with van der Waals surface area (Å²) < 4.78 is 2.03. The van der Waals surface area contributed by atoms with E-state index < -0.39 is 6.04 Å². The molecular weight excluding hydrogens is 348 g/mol. The molecule has 3 amide bonds. The number of carbonyl (C=O) groups excluding carboxylic acids is 2. The lowest BCUT2D eigenvalue weighted by atomic mass is 10.1. The second-order valence-corrected chi connectivity index (χ2v) is 8.10. The third-order valence-electron chi connectivity index (χ3n) is 4.62. The number of amidine groups is 2. The molecule has 0 aromatic heterocycles. The van der Waals surface area contributed by atoms with Crippen molar-refractivity contribution in [2.45, 2.75) is 32.9 Å². The van der Waals surface area contributed by atoms with Gasteiger partial charge < -0.3 is 0 Å². The molecule has 1 unspecified atom stereocenters. The summed E-state index contributed by atoms with van der Waals surface area (Å²) in [6, 6.07) is 9.17. The third kappa shape index (κ3) is 3.53. The lowest BCUT2D eigenvalue weighted by Crippen LogP contribution is -2.61. The zero-order valence-corrected chi connectivity index (χ0v) is 16.5. The van der Waals surface area contributed by atoms with Crippen LogP contribution in [0.15, 0.2) is 35.3 Å². The molecule has 0 radical (unpaired) electrons. The van der Waals surface area contributed by atoms with Gasteiger partial charge in [-0.2, -0.15) is 0 Å². The van der Waals surface area contributed by atoms with Crippen LogP contribution in [0.2, 0.25) is 0 Å². The summed E-state index contributed by atoms with van der Waals surface area (Å²) in [5.41, 5.74) is 1.11. The Balaban J connectivity index is 1.93. The number of hydrogen-bond acceptors (Lipinski definition) is 4. The summed E-state index contributed by atoms with van der Waals surface area (Å²) in [5, 5.41) is 0.817. The van der Waals surface area contributed by atoms with Crippen molar-refractivity contribution in [3.63, 3.8) is 0 Å². The van der Waals surface area contributed by atoms with Gasteiger partial charge in [0.05, 0.1) is 0 Å². The Kier molecular flexibility index (Phi) is 5.46. The maximum absolute atomic E-state index is 12.8. The number of amides is 3. The molecule has 2 heterocycles. The Bertz CT molecular complexity index is 773. The van der Waals surface area contributed by atoms with Crippen molar-refractivity contribution >= 4 is 34.7 Å². The van der Waals surface area contributed by atoms with Crippen LogP contribution in [-0.2, 0) is 11.3 Å². The first-order valence-electron chi connectivity index (χ1n) is 8.84. The lowest BCUT2D eigenvalue weighted by molar-refractivity contribution is -0.548. The molecule has 138 valence electrons. The fourth-order valence-electron chi connectivity index (χ4n) is 3.02. The molecule has 1 aromatic rings. The fourth-order valence-corrected chi connectivity index (χ4v) is 4.28. The van der Waals surface area contributed by atoms with Crippen LogP contribution >= 0.6 is 11.8 Å². The standard InChI is InChI=1S/C19H25N4O2S/c1-13(2)10-11-26-18-20-16-15(17(24)22(4)19(25)21(16)3)23(18)12-14-8-6-5-7-9-14/h5-9,13,15H,10-12H2,1-4H3/q+1. The molecular formula is C19H25N4O2S+. The first-order chi connectivity index (χ1) is 12.4. The average Bonchev–Trinajstić information content (AvgIpc) is 2.97. The third-order valence-corrected chi connectivity index (χ3v) is 5.64. The average molecular weight is 374 g/mol. The minimum Gasteiger partial charge on any atom is -0.269 e. The molecule has 26 heavy (non-hydrogen) atoms. The first-order valence-corrected chi connectivity index (χ1v) is 9.83. The van der Waals surface area contributed by atoms with Gasteiger partial charge in [0, 0.05) is 19.8 Å². The van der Waals surface area contributed by atoms with E-state index in [0.717, 1.165) is 22.9 Å². The number of nitrogens with zero attached hydrogens (tertiary/aromatic N) is 4. The smallest absolute Gasteiger partial charge is 0.269 e. The van der Waals surface area contributed by atoms with Gasteiger partial charge in [-0.25, -0.2) is 9.37 Å². The monoisotopic (exact) mass is 373 g/mol. The molecule has 0 bridgehead atoms. The largest absolute Gasteiger partial charge is 0.358 e. The van der Waals surface area contributed by atoms with Crippen LogP contribution in [0.4, 0.5) is 4.79 Å². The quantitative estimate of drug-likeness (QED) is 0.746. The predicted octanol–water partition coefficient (Wildman–Crippen LogP) is 2.64. The molecule has 0 spiro atoms. The minimum absolute atomic E-state index is 0.220. The van der Waals surface area contributed by atoms with Gasteiger partial charge in [-0.1, -0.05) is 44.2 Å². The Morgan fingerprint density at radius 1 is 1.15 bits per heavy atom. The molecule has 1 fully saturated rings. The first kappa shape index (κ1) is 18.6. The number of thioether (sulfide) groups is 1. The molecule has 6 nitrogen and oxygen atoms in total. The summed E-state index contributed by atoms with van der Waals surface area (Å²) in [7, 11) is 3.21. The number of benzene rings is 1. The van der Waals surface area contributed by atoms with Crippen molar-refractivity contribution < 1.29 is 14.2 Å². The zero-order chi connectivity index (χ0) is 18.8. The Labute approximate surface area is 158 Å². The second-order valence-electron chi connectivity index (χ2n) is 7.04. The number of rotatable bonds is 5. The van der Waals surface area contributed by atoms with E-state index >= 15 is 0 Å². The summed E-state index contributed by atoms with van der Waals surface area (Å²) in [4.78, 5) is 32.4. The summed E-state index contributed by atoms with van der Waals surface area (Å²) in [6.45, 7) is 4.97. The summed E-state index contributed by atoms with van der Waals surface area (Å²) >= 11 is 1.66. The molecule has 0 N–H and O–H groups in total. The van der Waals surface area contributed by atoms with Crippen LogP contribution in [0.1, 0.15) is 25.8 Å². The predicted molar refractivity (Wildman–Crippen MR) is 104 cm³/mol. The Morgan fingerprint density at radius 2 is 1.85 bits per heavy atom. The number of fused-ring (bicyclic) bond motifs is 1. The van der Waals surface area contributed by atoms with E-state index in [1.54, 1.807) is 18.8 Å².